The summed E-state index contributed by atoms with van der Waals surface area (Å²) in [6.07, 6.45) is 1.44. The van der Waals surface area contributed by atoms with Gasteiger partial charge in [-0.3, -0.25) is 4.79 Å². The Morgan fingerprint density at radius 2 is 2.10 bits per heavy atom. The van der Waals surface area contributed by atoms with Crippen LogP contribution in [0.1, 0.15) is 23.0 Å². The van der Waals surface area contributed by atoms with Crippen LogP contribution in [-0.2, 0) is 0 Å². The van der Waals surface area contributed by atoms with E-state index in [1.165, 1.54) is 12.3 Å². The van der Waals surface area contributed by atoms with Crippen LogP contribution in [0.2, 0.25) is 0 Å². The van der Waals surface area contributed by atoms with Crippen LogP contribution in [0.3, 0.4) is 0 Å². The molecule has 0 aliphatic carbocycles. The summed E-state index contributed by atoms with van der Waals surface area (Å²) in [5.41, 5.74) is 1.27. The van der Waals surface area contributed by atoms with Gasteiger partial charge in [0, 0.05) is 17.4 Å². The fraction of sp³-hybridized carbons (Fsp3) is 0.133. The number of benzene rings is 1. The van der Waals surface area contributed by atoms with Crippen LogP contribution in [0.4, 0.5) is 5.69 Å². The first-order valence-corrected chi connectivity index (χ1v) is 6.13. The Bertz CT molecular complexity index is 645. The van der Waals surface area contributed by atoms with Gasteiger partial charge in [-0.1, -0.05) is 0 Å². The zero-order valence-electron chi connectivity index (χ0n) is 11.0. The fourth-order valence-electron chi connectivity index (χ4n) is 1.64. The number of aromatic nitrogens is 1. The number of nitrogens with one attached hydrogen (secondary N) is 1. The molecule has 0 saturated heterocycles. The first-order chi connectivity index (χ1) is 9.72. The maximum atomic E-state index is 12.0. The van der Waals surface area contributed by atoms with Crippen molar-refractivity contribution in [3.63, 3.8) is 0 Å². The Hall–Kier alpha value is -2.87. The zero-order valence-corrected chi connectivity index (χ0v) is 11.0. The topological polar surface area (TPSA) is 75.0 Å². The lowest BCUT2D eigenvalue weighted by Crippen LogP contribution is -2.12. The number of pyridine rings is 1. The van der Waals surface area contributed by atoms with Gasteiger partial charge in [0.25, 0.3) is 5.91 Å². The lowest BCUT2D eigenvalue weighted by molar-refractivity contribution is 0.102. The van der Waals surface area contributed by atoms with Gasteiger partial charge in [-0.05, 0) is 43.3 Å². The average Bonchev–Trinajstić information content (AvgIpc) is 2.49. The molecule has 1 aromatic heterocycles. The number of nitrogens with zero attached hydrogens (tertiary/aromatic N) is 2. The van der Waals surface area contributed by atoms with E-state index in [0.29, 0.717) is 17.9 Å². The van der Waals surface area contributed by atoms with Crippen molar-refractivity contribution < 1.29 is 9.53 Å². The minimum Gasteiger partial charge on any atom is -0.494 e. The van der Waals surface area contributed by atoms with Crippen LogP contribution >= 0.6 is 0 Å². The van der Waals surface area contributed by atoms with Crippen LogP contribution in [0, 0.1) is 11.3 Å². The summed E-state index contributed by atoms with van der Waals surface area (Å²) in [7, 11) is 0. The van der Waals surface area contributed by atoms with Crippen LogP contribution in [-0.4, -0.2) is 17.5 Å². The van der Waals surface area contributed by atoms with E-state index >= 15 is 0 Å². The number of rotatable bonds is 4. The Morgan fingerprint density at radius 1 is 1.35 bits per heavy atom. The summed E-state index contributed by atoms with van der Waals surface area (Å²) in [5, 5.41) is 11.5. The summed E-state index contributed by atoms with van der Waals surface area (Å²) in [4.78, 5) is 15.8. The van der Waals surface area contributed by atoms with Crippen molar-refractivity contribution in [2.24, 2.45) is 0 Å². The molecule has 0 unspecified atom stereocenters. The van der Waals surface area contributed by atoms with Gasteiger partial charge < -0.3 is 10.1 Å². The second kappa shape index (κ2) is 6.34. The number of amides is 1. The third-order valence-electron chi connectivity index (χ3n) is 2.56. The van der Waals surface area contributed by atoms with Crippen molar-refractivity contribution >= 4 is 11.6 Å². The fourth-order valence-corrected chi connectivity index (χ4v) is 1.64. The van der Waals surface area contributed by atoms with E-state index in [-0.39, 0.29) is 11.6 Å². The third-order valence-corrected chi connectivity index (χ3v) is 2.56. The van der Waals surface area contributed by atoms with Crippen molar-refractivity contribution in [2.75, 3.05) is 11.9 Å². The highest BCUT2D eigenvalue weighted by molar-refractivity contribution is 6.04. The molecule has 20 heavy (non-hydrogen) atoms. The lowest BCUT2D eigenvalue weighted by atomic mass is 10.2. The molecule has 1 aromatic carbocycles. The van der Waals surface area contributed by atoms with Crippen LogP contribution in [0.25, 0.3) is 0 Å². The van der Waals surface area contributed by atoms with E-state index in [2.05, 4.69) is 10.3 Å². The number of hydrogen-bond acceptors (Lipinski definition) is 4. The highest BCUT2D eigenvalue weighted by atomic mass is 16.5. The van der Waals surface area contributed by atoms with Gasteiger partial charge in [-0.25, -0.2) is 4.98 Å². The van der Waals surface area contributed by atoms with Crippen molar-refractivity contribution in [2.45, 2.75) is 6.92 Å². The van der Waals surface area contributed by atoms with Crippen LogP contribution in [0.15, 0.2) is 42.6 Å². The SMILES string of the molecule is CCOc1ccc(NC(=O)c2ccnc(C#N)c2)cc1. The lowest BCUT2D eigenvalue weighted by Gasteiger charge is -2.07. The molecule has 1 amide bonds. The molecule has 0 spiro atoms. The van der Waals surface area contributed by atoms with Crippen molar-refractivity contribution in [1.82, 2.24) is 4.98 Å². The van der Waals surface area contributed by atoms with E-state index < -0.39 is 0 Å². The molecule has 2 rings (SSSR count). The molecule has 100 valence electrons. The molecule has 0 aliphatic rings. The third kappa shape index (κ3) is 3.33. The van der Waals surface area contributed by atoms with Gasteiger partial charge in [0.2, 0.25) is 0 Å². The summed E-state index contributed by atoms with van der Waals surface area (Å²) < 4.78 is 5.32. The molecule has 0 atom stereocenters. The van der Waals surface area contributed by atoms with Crippen LogP contribution < -0.4 is 10.1 Å². The second-order valence-corrected chi connectivity index (χ2v) is 3.95. The number of carbonyl (C=O) groups excluding carboxylic acids is 1. The molecule has 0 aliphatic heterocycles. The summed E-state index contributed by atoms with van der Waals surface area (Å²) in [5.74, 6) is 0.467. The number of hydrogen-bond donors (Lipinski definition) is 1. The number of ether oxygens (including phenoxy) is 1. The van der Waals surface area contributed by atoms with Crippen LogP contribution in [0.5, 0.6) is 5.75 Å². The summed E-state index contributed by atoms with van der Waals surface area (Å²) in [6.45, 7) is 2.51. The Morgan fingerprint density at radius 3 is 2.75 bits per heavy atom. The van der Waals surface area contributed by atoms with Gasteiger partial charge in [-0.15, -0.1) is 0 Å². The number of carbonyl (C=O) groups is 1. The largest absolute Gasteiger partial charge is 0.494 e. The van der Waals surface area contributed by atoms with Gasteiger partial charge in [0.15, 0.2) is 0 Å². The van der Waals surface area contributed by atoms with E-state index in [0.717, 1.165) is 5.75 Å². The minimum absolute atomic E-state index is 0.212. The highest BCUT2D eigenvalue weighted by Crippen LogP contribution is 2.16. The second-order valence-electron chi connectivity index (χ2n) is 3.95. The minimum atomic E-state index is -0.284. The summed E-state index contributed by atoms with van der Waals surface area (Å²) in [6, 6.07) is 12.0. The zero-order chi connectivity index (χ0) is 14.4. The Balaban J connectivity index is 2.09. The molecule has 1 heterocycles. The first-order valence-electron chi connectivity index (χ1n) is 6.13. The Labute approximate surface area is 116 Å². The standard InChI is InChI=1S/C15H13N3O2/c1-2-20-14-5-3-12(4-6-14)18-15(19)11-7-8-17-13(9-11)10-16/h3-9H,2H2,1H3,(H,18,19). The van der Waals surface area contributed by atoms with E-state index in [1.807, 2.05) is 13.0 Å². The van der Waals surface area contributed by atoms with Gasteiger partial charge in [-0.2, -0.15) is 5.26 Å². The molecular weight excluding hydrogens is 254 g/mol. The van der Waals surface area contributed by atoms with Crippen molar-refractivity contribution in [3.8, 4) is 11.8 Å². The van der Waals surface area contributed by atoms with Gasteiger partial charge in [0.05, 0.1) is 6.61 Å². The molecule has 0 saturated carbocycles. The number of anilines is 1. The molecule has 2 aromatic rings. The monoisotopic (exact) mass is 267 g/mol. The molecule has 1 N–H and O–H groups in total. The van der Waals surface area contributed by atoms with Crippen molar-refractivity contribution in [3.05, 3.63) is 53.9 Å². The normalized spacial score (nSPS) is 9.60. The Kier molecular flexibility index (Phi) is 4.30. The highest BCUT2D eigenvalue weighted by Gasteiger charge is 2.07. The quantitative estimate of drug-likeness (QED) is 0.923. The van der Waals surface area contributed by atoms with Gasteiger partial charge >= 0.3 is 0 Å². The smallest absolute Gasteiger partial charge is 0.255 e. The van der Waals surface area contributed by atoms with E-state index in [4.69, 9.17) is 10.00 Å². The van der Waals surface area contributed by atoms with E-state index in [9.17, 15) is 4.79 Å². The molecule has 0 fully saturated rings. The van der Waals surface area contributed by atoms with E-state index in [1.54, 1.807) is 30.3 Å². The molecular formula is C15H13N3O2. The van der Waals surface area contributed by atoms with Crippen molar-refractivity contribution in [1.29, 1.82) is 5.26 Å². The summed E-state index contributed by atoms with van der Waals surface area (Å²) >= 11 is 0. The molecule has 5 nitrogen and oxygen atoms in total. The maximum absolute atomic E-state index is 12.0. The van der Waals surface area contributed by atoms with Gasteiger partial charge in [0.1, 0.15) is 17.5 Å². The molecule has 0 radical (unpaired) electrons. The predicted molar refractivity (Wildman–Crippen MR) is 74.5 cm³/mol. The molecule has 0 bridgehead atoms. The average molecular weight is 267 g/mol. The molecule has 5 heteroatoms. The maximum Gasteiger partial charge on any atom is 0.255 e. The first kappa shape index (κ1) is 13.6. The number of nitriles is 1. The predicted octanol–water partition coefficient (Wildman–Crippen LogP) is 2.60.